The van der Waals surface area contributed by atoms with Crippen LogP contribution in [0.5, 0.6) is 5.75 Å². The number of hydrazone groups is 1. The number of carbonyl (C=O) groups excluding carboxylic acids is 2. The third kappa shape index (κ3) is 6.40. The lowest BCUT2D eigenvalue weighted by Gasteiger charge is -2.41. The van der Waals surface area contributed by atoms with Crippen LogP contribution in [-0.4, -0.2) is 80.5 Å². The predicted octanol–water partition coefficient (Wildman–Crippen LogP) is 5.07. The molecule has 0 N–H and O–H groups in total. The summed E-state index contributed by atoms with van der Waals surface area (Å²) in [6, 6.07) is 4.74. The number of hydrogen-bond acceptors (Lipinski definition) is 7. The Bertz CT molecular complexity index is 1150. The molecule has 0 saturated heterocycles. The number of rotatable bonds is 6. The molecule has 0 bridgehead atoms. The lowest BCUT2D eigenvalue weighted by atomic mass is 9.93. The van der Waals surface area contributed by atoms with E-state index in [0.717, 1.165) is 35.0 Å². The van der Waals surface area contributed by atoms with E-state index in [4.69, 9.17) is 14.2 Å². The first-order chi connectivity index (χ1) is 17.7. The molecule has 1 aromatic carbocycles. The number of amides is 2. The number of hydrogen-bond donors (Lipinski definition) is 0. The highest BCUT2D eigenvalue weighted by molar-refractivity contribution is 6.76. The number of fused-ring (bicyclic) bond motifs is 3. The highest BCUT2D eigenvalue weighted by Crippen LogP contribution is 2.40. The van der Waals surface area contributed by atoms with Crippen molar-refractivity contribution in [2.24, 2.45) is 5.10 Å². The van der Waals surface area contributed by atoms with E-state index >= 15 is 0 Å². The summed E-state index contributed by atoms with van der Waals surface area (Å²) >= 11 is 0. The maximum atomic E-state index is 13.2. The fraction of sp³-hybridized carbons (Fsp3) is 0.607. The summed E-state index contributed by atoms with van der Waals surface area (Å²) < 4.78 is 17.4. The zero-order valence-electron chi connectivity index (χ0n) is 24.1. The van der Waals surface area contributed by atoms with Crippen LogP contribution in [0.4, 0.5) is 10.5 Å². The molecule has 1 unspecified atom stereocenters. The van der Waals surface area contributed by atoms with Crippen LogP contribution in [0.3, 0.4) is 0 Å². The number of ether oxygens (including phenoxy) is 3. The van der Waals surface area contributed by atoms with E-state index in [2.05, 4.69) is 43.8 Å². The Morgan fingerprint density at radius 2 is 1.97 bits per heavy atom. The molecule has 208 valence electrons. The van der Waals surface area contributed by atoms with Gasteiger partial charge in [0.2, 0.25) is 0 Å². The molecule has 0 aromatic heterocycles. The lowest BCUT2D eigenvalue weighted by molar-refractivity contribution is -0.138. The zero-order valence-corrected chi connectivity index (χ0v) is 25.1. The predicted molar refractivity (Wildman–Crippen MR) is 152 cm³/mol. The van der Waals surface area contributed by atoms with Gasteiger partial charge >= 0.3 is 6.09 Å². The maximum absolute atomic E-state index is 13.2. The highest BCUT2D eigenvalue weighted by atomic mass is 28.3. The van der Waals surface area contributed by atoms with Crippen molar-refractivity contribution in [3.8, 4) is 5.75 Å². The lowest BCUT2D eigenvalue weighted by Crippen LogP contribution is -2.57. The van der Waals surface area contributed by atoms with Crippen molar-refractivity contribution in [3.63, 3.8) is 0 Å². The van der Waals surface area contributed by atoms with Gasteiger partial charge in [0, 0.05) is 27.8 Å². The second-order valence-electron chi connectivity index (χ2n) is 12.5. The van der Waals surface area contributed by atoms with Crippen molar-refractivity contribution in [1.29, 1.82) is 0 Å². The van der Waals surface area contributed by atoms with E-state index < -0.39 is 19.7 Å². The van der Waals surface area contributed by atoms with Gasteiger partial charge in [-0.15, -0.1) is 0 Å². The van der Waals surface area contributed by atoms with Gasteiger partial charge in [0.25, 0.3) is 5.91 Å². The third-order valence-corrected chi connectivity index (χ3v) is 8.56. The molecular weight excluding hydrogens is 500 g/mol. The minimum Gasteiger partial charge on any atom is -0.483 e. The van der Waals surface area contributed by atoms with E-state index in [1.807, 2.05) is 38.7 Å². The van der Waals surface area contributed by atoms with Crippen molar-refractivity contribution in [1.82, 2.24) is 9.91 Å². The van der Waals surface area contributed by atoms with Crippen LogP contribution in [0, 0.1) is 6.92 Å². The molecule has 0 fully saturated rings. The van der Waals surface area contributed by atoms with Gasteiger partial charge in [-0.2, -0.15) is 5.10 Å². The summed E-state index contributed by atoms with van der Waals surface area (Å²) in [5.41, 5.74) is 3.67. The molecule has 2 amide bonds. The Kier molecular flexibility index (Phi) is 7.95. The van der Waals surface area contributed by atoms with Gasteiger partial charge in [-0.1, -0.05) is 25.7 Å². The van der Waals surface area contributed by atoms with Gasteiger partial charge in [0.15, 0.2) is 5.84 Å². The van der Waals surface area contributed by atoms with Crippen molar-refractivity contribution >= 4 is 37.2 Å². The molecule has 3 aliphatic rings. The average Bonchev–Trinajstić information content (AvgIpc) is 2.82. The second-order valence-corrected chi connectivity index (χ2v) is 18.1. The first kappa shape index (κ1) is 28.2. The molecule has 4 rings (SSSR count). The Morgan fingerprint density at radius 1 is 1.24 bits per heavy atom. The summed E-state index contributed by atoms with van der Waals surface area (Å²) in [5, 5.41) is 6.04. The Labute approximate surface area is 227 Å². The standard InChI is InChI=1S/C28H42N4O5Si/c1-19-15-24-23(16-22(19)21-9-11-30(12-10-21)27(34)37-28(3,4)5)32-20(2)26(33)31(29-25(32)17-36-24)18-35-13-14-38(6,7)8/h9,15-16,20H,10-14,17-18H2,1-8H3. The molecule has 0 aliphatic carbocycles. The highest BCUT2D eigenvalue weighted by Gasteiger charge is 2.39. The molecule has 3 aliphatic heterocycles. The van der Waals surface area contributed by atoms with Crippen molar-refractivity contribution in [2.45, 2.75) is 78.4 Å². The summed E-state index contributed by atoms with van der Waals surface area (Å²) in [4.78, 5) is 29.4. The third-order valence-electron chi connectivity index (χ3n) is 6.85. The van der Waals surface area contributed by atoms with Gasteiger partial charge in [-0.05, 0) is 75.9 Å². The van der Waals surface area contributed by atoms with E-state index in [1.54, 1.807) is 4.90 Å². The van der Waals surface area contributed by atoms with E-state index in [0.29, 0.717) is 32.1 Å². The summed E-state index contributed by atoms with van der Waals surface area (Å²) in [5.74, 6) is 1.35. The number of benzene rings is 1. The molecular formula is C28H42N4O5Si. The SMILES string of the molecule is Cc1cc2c(cc1C1=CCN(C(=O)OC(C)(C)C)CC1)N1C(=NN(COCC[Si](C)(C)C)C(=O)C1C)CO2. The number of aryl methyl sites for hydroxylation is 1. The van der Waals surface area contributed by atoms with Crippen LogP contribution in [0.1, 0.15) is 45.2 Å². The number of anilines is 1. The molecule has 1 atom stereocenters. The monoisotopic (exact) mass is 542 g/mol. The summed E-state index contributed by atoms with van der Waals surface area (Å²) in [6.07, 6.45) is 2.52. The average molecular weight is 543 g/mol. The van der Waals surface area contributed by atoms with Crippen LogP contribution in [0.2, 0.25) is 25.7 Å². The largest absolute Gasteiger partial charge is 0.483 e. The smallest absolute Gasteiger partial charge is 0.410 e. The van der Waals surface area contributed by atoms with Crippen molar-refractivity contribution < 1.29 is 23.8 Å². The molecule has 0 saturated carbocycles. The van der Waals surface area contributed by atoms with Gasteiger partial charge in [0.05, 0.1) is 5.69 Å². The normalized spacial score (nSPS) is 19.8. The first-order valence-corrected chi connectivity index (χ1v) is 17.1. The summed E-state index contributed by atoms with van der Waals surface area (Å²) in [6.45, 7) is 18.7. The molecule has 9 nitrogen and oxygen atoms in total. The Morgan fingerprint density at radius 3 is 2.61 bits per heavy atom. The topological polar surface area (TPSA) is 83.9 Å². The number of amidine groups is 1. The van der Waals surface area contributed by atoms with Crippen molar-refractivity contribution in [2.75, 3.05) is 37.9 Å². The Balaban J connectivity index is 1.52. The van der Waals surface area contributed by atoms with Crippen LogP contribution in [0.15, 0.2) is 23.3 Å². The minimum absolute atomic E-state index is 0.0957. The molecule has 10 heteroatoms. The quantitative estimate of drug-likeness (QED) is 0.368. The minimum atomic E-state index is -1.21. The van der Waals surface area contributed by atoms with E-state index in [1.165, 1.54) is 10.6 Å². The molecule has 0 spiro atoms. The maximum Gasteiger partial charge on any atom is 0.410 e. The van der Waals surface area contributed by atoms with Crippen molar-refractivity contribution in [3.05, 3.63) is 29.3 Å². The fourth-order valence-electron chi connectivity index (χ4n) is 4.72. The van der Waals surface area contributed by atoms with Gasteiger partial charge in [-0.3, -0.25) is 4.79 Å². The first-order valence-electron chi connectivity index (χ1n) is 13.4. The second kappa shape index (κ2) is 10.7. The number of nitrogens with zero attached hydrogens (tertiary/aromatic N) is 4. The van der Waals surface area contributed by atoms with E-state index in [-0.39, 0.29) is 18.7 Å². The summed E-state index contributed by atoms with van der Waals surface area (Å²) in [7, 11) is -1.21. The fourth-order valence-corrected chi connectivity index (χ4v) is 5.48. The molecule has 3 heterocycles. The van der Waals surface area contributed by atoms with Crippen LogP contribution < -0.4 is 9.64 Å². The number of carbonyl (C=O) groups is 2. The van der Waals surface area contributed by atoms with E-state index in [9.17, 15) is 9.59 Å². The molecule has 38 heavy (non-hydrogen) atoms. The Hall–Kier alpha value is -2.85. The zero-order chi connectivity index (χ0) is 27.8. The molecule has 0 radical (unpaired) electrons. The van der Waals surface area contributed by atoms with Crippen LogP contribution >= 0.6 is 0 Å². The van der Waals surface area contributed by atoms with Gasteiger partial charge < -0.3 is 24.0 Å². The van der Waals surface area contributed by atoms with Gasteiger partial charge in [-0.25, -0.2) is 9.80 Å². The van der Waals surface area contributed by atoms with Gasteiger partial charge in [0.1, 0.15) is 30.7 Å². The molecule has 1 aromatic rings. The van der Waals surface area contributed by atoms with Crippen LogP contribution in [0.25, 0.3) is 5.57 Å². The van der Waals surface area contributed by atoms with Crippen LogP contribution in [-0.2, 0) is 14.3 Å².